The molecule has 0 aromatic carbocycles. The number of aromatic nitrogens is 2. The van der Waals surface area contributed by atoms with Gasteiger partial charge in [0, 0.05) is 35.8 Å². The smallest absolute Gasteiger partial charge is 0.128 e. The molecule has 3 rings (SSSR count). The molecule has 4 heteroatoms. The molecule has 1 aliphatic rings. The van der Waals surface area contributed by atoms with Crippen molar-refractivity contribution < 1.29 is 0 Å². The van der Waals surface area contributed by atoms with Gasteiger partial charge in [-0.3, -0.25) is 0 Å². The molecule has 0 aliphatic carbocycles. The van der Waals surface area contributed by atoms with E-state index in [-0.39, 0.29) is 0 Å². The summed E-state index contributed by atoms with van der Waals surface area (Å²) >= 11 is 1.80. The van der Waals surface area contributed by atoms with Gasteiger partial charge in [0.2, 0.25) is 0 Å². The molecule has 0 radical (unpaired) electrons. The van der Waals surface area contributed by atoms with Crippen molar-refractivity contribution in [2.45, 2.75) is 32.6 Å². The second-order valence-corrected chi connectivity index (χ2v) is 6.14. The molecular weight excluding hydrogens is 254 g/mol. The van der Waals surface area contributed by atoms with Gasteiger partial charge in [0.25, 0.3) is 0 Å². The van der Waals surface area contributed by atoms with E-state index in [0.717, 1.165) is 30.3 Å². The maximum absolute atomic E-state index is 4.65. The Bertz CT molecular complexity index is 564. The molecule has 1 aliphatic heterocycles. The fraction of sp³-hybridized carbons (Fsp3) is 0.467. The van der Waals surface area contributed by atoms with Gasteiger partial charge in [-0.1, -0.05) is 6.07 Å². The van der Waals surface area contributed by atoms with Gasteiger partial charge in [-0.2, -0.15) is 0 Å². The van der Waals surface area contributed by atoms with Crippen LogP contribution in [0.4, 0.5) is 5.82 Å². The van der Waals surface area contributed by atoms with Gasteiger partial charge < -0.3 is 4.90 Å². The van der Waals surface area contributed by atoms with Gasteiger partial charge >= 0.3 is 0 Å². The van der Waals surface area contributed by atoms with Crippen molar-refractivity contribution in [2.24, 2.45) is 0 Å². The molecule has 0 spiro atoms. The summed E-state index contributed by atoms with van der Waals surface area (Å²) in [4.78, 5) is 11.7. The van der Waals surface area contributed by atoms with Crippen LogP contribution in [0.25, 0.3) is 0 Å². The van der Waals surface area contributed by atoms with Crippen molar-refractivity contribution in [2.75, 3.05) is 18.0 Å². The Labute approximate surface area is 118 Å². The lowest BCUT2D eigenvalue weighted by atomic mass is 9.99. The van der Waals surface area contributed by atoms with E-state index >= 15 is 0 Å². The van der Waals surface area contributed by atoms with E-state index in [4.69, 9.17) is 0 Å². The SMILES string of the molecule is Cc1cccc(N2CCCC(c3nc(C)cs3)C2)n1. The van der Waals surface area contributed by atoms with Crippen LogP contribution in [0.15, 0.2) is 23.6 Å². The first-order valence-corrected chi connectivity index (χ1v) is 7.71. The van der Waals surface area contributed by atoms with Crippen molar-refractivity contribution in [3.05, 3.63) is 40.0 Å². The van der Waals surface area contributed by atoms with Crippen LogP contribution in [0.1, 0.15) is 35.2 Å². The Morgan fingerprint density at radius 3 is 2.84 bits per heavy atom. The highest BCUT2D eigenvalue weighted by atomic mass is 32.1. The average Bonchev–Trinajstić information content (AvgIpc) is 2.86. The lowest BCUT2D eigenvalue weighted by Crippen LogP contribution is -2.34. The van der Waals surface area contributed by atoms with Gasteiger partial charge in [0.1, 0.15) is 5.82 Å². The molecule has 1 fully saturated rings. The first-order chi connectivity index (χ1) is 9.22. The summed E-state index contributed by atoms with van der Waals surface area (Å²) in [6.07, 6.45) is 2.47. The van der Waals surface area contributed by atoms with E-state index < -0.39 is 0 Å². The summed E-state index contributed by atoms with van der Waals surface area (Å²) in [5.41, 5.74) is 2.23. The molecule has 3 heterocycles. The molecule has 2 aromatic rings. The topological polar surface area (TPSA) is 29.0 Å². The third-order valence-electron chi connectivity index (χ3n) is 3.61. The molecule has 3 nitrogen and oxygen atoms in total. The Balaban J connectivity index is 1.78. The predicted octanol–water partition coefficient (Wildman–Crippen LogP) is 3.54. The zero-order valence-electron chi connectivity index (χ0n) is 11.5. The van der Waals surface area contributed by atoms with E-state index in [9.17, 15) is 0 Å². The molecule has 1 atom stereocenters. The molecule has 1 saturated heterocycles. The predicted molar refractivity (Wildman–Crippen MR) is 80.0 cm³/mol. The number of hydrogen-bond acceptors (Lipinski definition) is 4. The van der Waals surface area contributed by atoms with Gasteiger partial charge in [0.15, 0.2) is 0 Å². The van der Waals surface area contributed by atoms with Crippen LogP contribution in [0.2, 0.25) is 0 Å². The molecule has 1 unspecified atom stereocenters. The summed E-state index contributed by atoms with van der Waals surface area (Å²) in [6.45, 7) is 6.28. The fourth-order valence-corrected chi connectivity index (χ4v) is 3.58. The Hall–Kier alpha value is -1.42. The standard InChI is InChI=1S/C15H19N3S/c1-11-5-3-7-14(16-11)18-8-4-6-13(9-18)15-17-12(2)10-19-15/h3,5,7,10,13H,4,6,8-9H2,1-2H3. The average molecular weight is 273 g/mol. The highest BCUT2D eigenvalue weighted by Gasteiger charge is 2.24. The lowest BCUT2D eigenvalue weighted by Gasteiger charge is -2.32. The fourth-order valence-electron chi connectivity index (χ4n) is 2.65. The van der Waals surface area contributed by atoms with Gasteiger partial charge in [-0.25, -0.2) is 9.97 Å². The van der Waals surface area contributed by atoms with Crippen LogP contribution in [0.5, 0.6) is 0 Å². The molecule has 0 amide bonds. The van der Waals surface area contributed by atoms with Crippen LogP contribution in [0.3, 0.4) is 0 Å². The van der Waals surface area contributed by atoms with Crippen molar-refractivity contribution in [1.29, 1.82) is 0 Å². The van der Waals surface area contributed by atoms with Crippen LogP contribution in [-0.2, 0) is 0 Å². The van der Waals surface area contributed by atoms with Crippen molar-refractivity contribution in [3.63, 3.8) is 0 Å². The quantitative estimate of drug-likeness (QED) is 0.838. The molecule has 100 valence electrons. The van der Waals surface area contributed by atoms with Crippen LogP contribution in [0, 0.1) is 13.8 Å². The Morgan fingerprint density at radius 2 is 2.11 bits per heavy atom. The van der Waals surface area contributed by atoms with Gasteiger partial charge in [-0.05, 0) is 38.8 Å². The minimum absolute atomic E-state index is 0.565. The zero-order chi connectivity index (χ0) is 13.2. The van der Waals surface area contributed by atoms with Crippen LogP contribution >= 0.6 is 11.3 Å². The normalized spacial score (nSPS) is 19.7. The summed E-state index contributed by atoms with van der Waals surface area (Å²) in [5.74, 6) is 1.67. The first kappa shape index (κ1) is 12.6. The molecule has 0 saturated carbocycles. The summed E-state index contributed by atoms with van der Waals surface area (Å²) < 4.78 is 0. The number of anilines is 1. The van der Waals surface area contributed by atoms with E-state index in [0.29, 0.717) is 5.92 Å². The Kier molecular flexibility index (Phi) is 3.51. The lowest BCUT2D eigenvalue weighted by molar-refractivity contribution is 0.505. The first-order valence-electron chi connectivity index (χ1n) is 6.83. The minimum atomic E-state index is 0.565. The largest absolute Gasteiger partial charge is 0.356 e. The van der Waals surface area contributed by atoms with Crippen LogP contribution in [-0.4, -0.2) is 23.1 Å². The molecule has 0 bridgehead atoms. The number of rotatable bonds is 2. The number of hydrogen-bond donors (Lipinski definition) is 0. The van der Waals surface area contributed by atoms with Gasteiger partial charge in [0.05, 0.1) is 5.01 Å². The second kappa shape index (κ2) is 5.29. The summed E-state index contributed by atoms with van der Waals surface area (Å²) in [7, 11) is 0. The van der Waals surface area contributed by atoms with Crippen molar-refractivity contribution in [1.82, 2.24) is 9.97 Å². The number of thiazole rings is 1. The summed E-state index contributed by atoms with van der Waals surface area (Å²) in [6, 6.07) is 6.26. The summed E-state index contributed by atoms with van der Waals surface area (Å²) in [5, 5.41) is 3.44. The maximum Gasteiger partial charge on any atom is 0.128 e. The zero-order valence-corrected chi connectivity index (χ0v) is 12.3. The molecule has 19 heavy (non-hydrogen) atoms. The highest BCUT2D eigenvalue weighted by Crippen LogP contribution is 2.30. The number of nitrogens with zero attached hydrogens (tertiary/aromatic N) is 3. The van der Waals surface area contributed by atoms with E-state index in [1.165, 1.54) is 17.8 Å². The third kappa shape index (κ3) is 2.78. The van der Waals surface area contributed by atoms with Crippen molar-refractivity contribution >= 4 is 17.2 Å². The minimum Gasteiger partial charge on any atom is -0.356 e. The Morgan fingerprint density at radius 1 is 1.21 bits per heavy atom. The molecule has 0 N–H and O–H groups in total. The maximum atomic E-state index is 4.65. The number of pyridine rings is 1. The van der Waals surface area contributed by atoms with Crippen LogP contribution < -0.4 is 4.90 Å². The number of aryl methyl sites for hydroxylation is 2. The molecule has 2 aromatic heterocycles. The van der Waals surface area contributed by atoms with Crippen molar-refractivity contribution in [3.8, 4) is 0 Å². The highest BCUT2D eigenvalue weighted by molar-refractivity contribution is 7.09. The van der Waals surface area contributed by atoms with E-state index in [1.54, 1.807) is 11.3 Å². The van der Waals surface area contributed by atoms with Gasteiger partial charge in [-0.15, -0.1) is 11.3 Å². The number of piperidine rings is 1. The second-order valence-electron chi connectivity index (χ2n) is 5.25. The third-order valence-corrected chi connectivity index (χ3v) is 4.73. The van der Waals surface area contributed by atoms with E-state index in [2.05, 4.69) is 52.3 Å². The van der Waals surface area contributed by atoms with E-state index in [1.807, 2.05) is 0 Å². The monoisotopic (exact) mass is 273 g/mol. The molecular formula is C15H19N3S.